The Morgan fingerprint density at radius 1 is 0.911 bits per heavy atom. The van der Waals surface area contributed by atoms with Crippen molar-refractivity contribution in [2.45, 2.75) is 167 Å². The second-order valence-corrected chi connectivity index (χ2v) is 17.2. The minimum Gasteiger partial charge on any atom is -0.456 e. The molecule has 56 heavy (non-hydrogen) atoms. The van der Waals surface area contributed by atoms with Gasteiger partial charge in [-0.15, -0.1) is 0 Å². The summed E-state index contributed by atoms with van der Waals surface area (Å²) in [5.74, 6) is -7.50. The third-order valence-corrected chi connectivity index (χ3v) is 12.9. The Morgan fingerprint density at radius 2 is 1.57 bits per heavy atom. The standard InChI is InChI=1S/C43H69NO12/c1-10-30-18-24(2)17-25(3)19-36(53-8)39-37(54-9)21-27(5)43(51,56-39)40(48)41(49)44-16-12-11-13-31(44)42(50)55-38(28(6)33(46)23-34(30)47)26(4)20-29-14-15-32(45)35(22-29)52-7/h18,20,25,27-33,35-39,45-46,51H,10-17,19,21-23H2,1-9H3/b24-18+,26-20+/t25?,27-,28-,29+,30-,31+,32-,33+,35-,36+,37+,38-,39-,43-/m1/s1. The molecule has 1 amide bonds. The van der Waals surface area contributed by atoms with Crippen molar-refractivity contribution in [2.75, 3.05) is 27.9 Å². The largest absolute Gasteiger partial charge is 0.456 e. The van der Waals surface area contributed by atoms with E-state index in [1.54, 1.807) is 21.0 Å². The molecule has 3 heterocycles. The molecule has 0 aromatic rings. The van der Waals surface area contributed by atoms with Gasteiger partial charge in [0.1, 0.15) is 24.0 Å². The number of nitrogens with zero attached hydrogens (tertiary/aromatic N) is 1. The fourth-order valence-corrected chi connectivity index (χ4v) is 9.39. The van der Waals surface area contributed by atoms with Gasteiger partial charge >= 0.3 is 5.97 Å². The molecular formula is C43H69NO12. The summed E-state index contributed by atoms with van der Waals surface area (Å²) in [6.07, 6.45) is 3.72. The van der Waals surface area contributed by atoms with Crippen molar-refractivity contribution in [1.29, 1.82) is 0 Å². The first kappa shape index (κ1) is 46.2. The summed E-state index contributed by atoms with van der Waals surface area (Å²) in [6.45, 7) is 11.3. The minimum atomic E-state index is -2.50. The summed E-state index contributed by atoms with van der Waals surface area (Å²) >= 11 is 0. The molecule has 0 radical (unpaired) electrons. The van der Waals surface area contributed by atoms with Crippen LogP contribution in [0.5, 0.6) is 0 Å². The summed E-state index contributed by atoms with van der Waals surface area (Å²) in [5, 5.41) is 34.1. The van der Waals surface area contributed by atoms with E-state index >= 15 is 0 Å². The number of hydrogen-bond donors (Lipinski definition) is 3. The highest BCUT2D eigenvalue weighted by Crippen LogP contribution is 2.39. The number of allylic oxidation sites excluding steroid dienone is 3. The lowest BCUT2D eigenvalue weighted by Crippen LogP contribution is -2.64. The predicted molar refractivity (Wildman–Crippen MR) is 208 cm³/mol. The number of esters is 1. The first-order valence-electron chi connectivity index (χ1n) is 20.8. The van der Waals surface area contributed by atoms with E-state index in [-0.39, 0.29) is 49.5 Å². The Balaban J connectivity index is 1.76. The lowest BCUT2D eigenvalue weighted by atomic mass is 9.81. The highest BCUT2D eigenvalue weighted by molar-refractivity contribution is 6.39. The van der Waals surface area contributed by atoms with Crippen LogP contribution in [0.2, 0.25) is 0 Å². The Labute approximate surface area is 333 Å². The second-order valence-electron chi connectivity index (χ2n) is 17.2. The van der Waals surface area contributed by atoms with Crippen molar-refractivity contribution in [3.05, 3.63) is 23.3 Å². The number of cyclic esters (lactones) is 1. The zero-order valence-corrected chi connectivity index (χ0v) is 35.1. The third-order valence-electron chi connectivity index (χ3n) is 12.9. The molecule has 13 nitrogen and oxygen atoms in total. The minimum absolute atomic E-state index is 0.000914. The molecule has 2 bridgehead atoms. The van der Waals surface area contributed by atoms with Crippen LogP contribution < -0.4 is 0 Å². The monoisotopic (exact) mass is 791 g/mol. The van der Waals surface area contributed by atoms with Gasteiger partial charge in [0.05, 0.1) is 30.5 Å². The molecule has 4 aliphatic rings. The number of aliphatic hydroxyl groups excluding tert-OH is 2. The number of aliphatic hydroxyl groups is 3. The number of rotatable bonds is 6. The van der Waals surface area contributed by atoms with Crippen LogP contribution in [0, 0.1) is 29.6 Å². The van der Waals surface area contributed by atoms with Crippen molar-refractivity contribution >= 4 is 23.4 Å². The van der Waals surface area contributed by atoms with E-state index in [4.69, 9.17) is 23.7 Å². The average Bonchev–Trinajstić information content (AvgIpc) is 3.18. The lowest BCUT2D eigenvalue weighted by Gasteiger charge is -2.47. The van der Waals surface area contributed by atoms with Gasteiger partial charge in [-0.1, -0.05) is 45.4 Å². The molecule has 3 aliphatic heterocycles. The molecule has 318 valence electrons. The maximum Gasteiger partial charge on any atom is 0.329 e. The van der Waals surface area contributed by atoms with Gasteiger partial charge in [-0.2, -0.15) is 0 Å². The molecule has 1 unspecified atom stereocenters. The molecule has 14 atom stereocenters. The van der Waals surface area contributed by atoms with E-state index in [1.165, 1.54) is 19.1 Å². The topological polar surface area (TPSA) is 178 Å². The summed E-state index contributed by atoms with van der Waals surface area (Å²) in [6, 6.07) is -1.13. The summed E-state index contributed by atoms with van der Waals surface area (Å²) in [5.41, 5.74) is 1.66. The number of amides is 1. The van der Waals surface area contributed by atoms with Gasteiger partial charge in [0.25, 0.3) is 11.7 Å². The van der Waals surface area contributed by atoms with Gasteiger partial charge in [0, 0.05) is 52.0 Å². The summed E-state index contributed by atoms with van der Waals surface area (Å²) < 4.78 is 29.7. The van der Waals surface area contributed by atoms with Crippen LogP contribution in [0.25, 0.3) is 0 Å². The fraction of sp³-hybridized carbons (Fsp3) is 0.814. The zero-order valence-electron chi connectivity index (χ0n) is 35.1. The van der Waals surface area contributed by atoms with Crippen molar-refractivity contribution in [3.63, 3.8) is 0 Å². The molecule has 0 spiro atoms. The number of carbonyl (C=O) groups is 4. The van der Waals surface area contributed by atoms with Gasteiger partial charge in [-0.05, 0) is 95.5 Å². The van der Waals surface area contributed by atoms with Crippen LogP contribution in [0.4, 0.5) is 0 Å². The first-order chi connectivity index (χ1) is 26.5. The number of ether oxygens (including phenoxy) is 5. The van der Waals surface area contributed by atoms with Crippen LogP contribution in [-0.4, -0.2) is 126 Å². The van der Waals surface area contributed by atoms with E-state index in [0.29, 0.717) is 56.9 Å². The summed E-state index contributed by atoms with van der Waals surface area (Å²) in [4.78, 5) is 57.6. The molecule has 0 aromatic carbocycles. The van der Waals surface area contributed by atoms with Crippen molar-refractivity contribution < 1.29 is 58.2 Å². The molecule has 0 aromatic heterocycles. The molecule has 13 heteroatoms. The SMILES string of the molecule is CC[C@@H]1/C=C(\C)CC(C)C[C@H](OC)[C@H]2O[C@@](O)(C(=O)C(=O)N3CCCC[C@H]3C(=O)O[C@H](/C(C)=C/[C@@H]3CC[C@@H](O)[C@H](OC)C3)[C@H](C)[C@@H](O)CC1=O)[C@H](C)C[C@@H]2OC. The smallest absolute Gasteiger partial charge is 0.329 e. The van der Waals surface area contributed by atoms with Crippen LogP contribution in [0.15, 0.2) is 23.3 Å². The Morgan fingerprint density at radius 3 is 2.21 bits per heavy atom. The van der Waals surface area contributed by atoms with Crippen LogP contribution in [0.3, 0.4) is 0 Å². The van der Waals surface area contributed by atoms with Crippen LogP contribution in [-0.2, 0) is 42.9 Å². The highest BCUT2D eigenvalue weighted by atomic mass is 16.7. The Kier molecular flexibility index (Phi) is 16.9. The maximum atomic E-state index is 14.3. The van der Waals surface area contributed by atoms with E-state index in [9.17, 15) is 34.5 Å². The number of Topliss-reactive ketones (excluding diaryl/α,β-unsaturated/α-hetero) is 2. The van der Waals surface area contributed by atoms with Crippen LogP contribution in [0.1, 0.15) is 112 Å². The fourth-order valence-electron chi connectivity index (χ4n) is 9.39. The number of carbonyl (C=O) groups excluding carboxylic acids is 4. The lowest BCUT2D eigenvalue weighted by molar-refractivity contribution is -0.302. The normalized spacial score (nSPS) is 41.6. The third kappa shape index (κ3) is 10.7. The zero-order chi connectivity index (χ0) is 41.5. The number of fused-ring (bicyclic) bond motifs is 3. The molecule has 3 N–H and O–H groups in total. The van der Waals surface area contributed by atoms with Gasteiger partial charge < -0.3 is 43.9 Å². The number of ketones is 2. The summed E-state index contributed by atoms with van der Waals surface area (Å²) in [7, 11) is 4.63. The average molecular weight is 792 g/mol. The van der Waals surface area contributed by atoms with Crippen molar-refractivity contribution in [3.8, 4) is 0 Å². The van der Waals surface area contributed by atoms with E-state index in [0.717, 1.165) is 5.57 Å². The number of methoxy groups -OCH3 is 3. The predicted octanol–water partition coefficient (Wildman–Crippen LogP) is 4.47. The number of hydrogen-bond acceptors (Lipinski definition) is 12. The molecule has 1 saturated carbocycles. The van der Waals surface area contributed by atoms with Crippen LogP contribution >= 0.6 is 0 Å². The number of piperidine rings is 1. The van der Waals surface area contributed by atoms with E-state index in [1.807, 2.05) is 32.9 Å². The van der Waals surface area contributed by atoms with Gasteiger partial charge in [0.2, 0.25) is 5.79 Å². The quantitative estimate of drug-likeness (QED) is 0.196. The highest BCUT2D eigenvalue weighted by Gasteiger charge is 2.56. The molecular weight excluding hydrogens is 722 g/mol. The van der Waals surface area contributed by atoms with Crippen molar-refractivity contribution in [1.82, 2.24) is 4.90 Å². The Hall–Kier alpha value is -2.52. The Bertz CT molecular complexity index is 1430. The molecule has 1 aliphatic carbocycles. The molecule has 2 saturated heterocycles. The second kappa shape index (κ2) is 20.4. The maximum absolute atomic E-state index is 14.3. The molecule has 4 rings (SSSR count). The van der Waals surface area contributed by atoms with E-state index in [2.05, 4.69) is 6.92 Å². The van der Waals surface area contributed by atoms with Gasteiger partial charge in [-0.3, -0.25) is 14.4 Å². The molecule has 3 fully saturated rings. The van der Waals surface area contributed by atoms with Gasteiger partial charge in [0.15, 0.2) is 0 Å². The first-order valence-corrected chi connectivity index (χ1v) is 20.8. The van der Waals surface area contributed by atoms with Crippen molar-refractivity contribution in [2.24, 2.45) is 29.6 Å². The van der Waals surface area contributed by atoms with E-state index < -0.39 is 83.9 Å². The van der Waals surface area contributed by atoms with Gasteiger partial charge in [-0.25, -0.2) is 4.79 Å².